The summed E-state index contributed by atoms with van der Waals surface area (Å²) < 4.78 is 0. The lowest BCUT2D eigenvalue weighted by molar-refractivity contribution is -0.143. The van der Waals surface area contributed by atoms with Crippen molar-refractivity contribution in [2.75, 3.05) is 12.3 Å². The van der Waals surface area contributed by atoms with E-state index in [1.807, 2.05) is 13.8 Å². The monoisotopic (exact) mass is 491 g/mol. The highest BCUT2D eigenvalue weighted by atomic mass is 32.1. The Bertz CT molecular complexity index is 700. The fraction of sp³-hybridized carbons (Fsp3) is 0.737. The molecular weight excluding hydrogens is 454 g/mol. The number of carbonyl (C=O) groups is 4. The number of carbonyl (C=O) groups excluding carboxylic acids is 3. The van der Waals surface area contributed by atoms with Crippen molar-refractivity contribution < 1.29 is 29.4 Å². The van der Waals surface area contributed by atoms with Gasteiger partial charge in [-0.3, -0.25) is 19.4 Å². The number of nitrogens with zero attached hydrogens (tertiary/aromatic N) is 1. The first-order chi connectivity index (χ1) is 15.3. The number of aliphatic hydroxyl groups excluding tert-OH is 1. The van der Waals surface area contributed by atoms with Gasteiger partial charge in [0.15, 0.2) is 5.96 Å². The van der Waals surface area contributed by atoms with E-state index in [0.717, 1.165) is 0 Å². The second kappa shape index (κ2) is 15.3. The fourth-order valence-corrected chi connectivity index (χ4v) is 2.91. The Balaban J connectivity index is 5.53. The standard InChI is InChI=1S/C19H37N7O6S/c1-9(2)7-13(18(31)32)25-16(29)12(5-4-6-23-19(21)22)24-17(30)14(10(3)27)26-15(28)11(20)8-33/h9-14,27,33H,4-8,20H2,1-3H3,(H,24,30)(H,25,29)(H,26,28)(H,31,32)(H4,21,22,23). The molecule has 0 aromatic heterocycles. The molecule has 14 heteroatoms. The second-order valence-electron chi connectivity index (χ2n) is 8.05. The average molecular weight is 492 g/mol. The van der Waals surface area contributed by atoms with Crippen molar-refractivity contribution in [3.8, 4) is 0 Å². The van der Waals surface area contributed by atoms with Crippen molar-refractivity contribution in [1.82, 2.24) is 16.0 Å². The van der Waals surface area contributed by atoms with E-state index in [2.05, 4.69) is 33.6 Å². The van der Waals surface area contributed by atoms with Crippen molar-refractivity contribution in [2.24, 2.45) is 28.1 Å². The van der Waals surface area contributed by atoms with Crippen LogP contribution in [0.4, 0.5) is 0 Å². The zero-order valence-corrected chi connectivity index (χ0v) is 20.0. The van der Waals surface area contributed by atoms with E-state index in [4.69, 9.17) is 17.2 Å². The Morgan fingerprint density at radius 2 is 1.55 bits per heavy atom. The van der Waals surface area contributed by atoms with Gasteiger partial charge in [-0.15, -0.1) is 0 Å². The molecule has 0 rings (SSSR count). The molecule has 33 heavy (non-hydrogen) atoms. The molecule has 0 aliphatic carbocycles. The van der Waals surface area contributed by atoms with E-state index in [-0.39, 0.29) is 43.4 Å². The summed E-state index contributed by atoms with van der Waals surface area (Å²) in [5, 5.41) is 26.6. The number of carboxylic acids is 1. The van der Waals surface area contributed by atoms with Crippen molar-refractivity contribution >= 4 is 42.3 Å². The SMILES string of the molecule is CC(C)CC(NC(=O)C(CCCN=C(N)N)NC(=O)C(NC(=O)C(N)CS)C(C)O)C(=O)O. The van der Waals surface area contributed by atoms with Gasteiger partial charge in [0.2, 0.25) is 17.7 Å². The second-order valence-corrected chi connectivity index (χ2v) is 8.42. The van der Waals surface area contributed by atoms with Crippen LogP contribution in [0.2, 0.25) is 0 Å². The molecule has 0 fully saturated rings. The van der Waals surface area contributed by atoms with Crippen LogP contribution in [0, 0.1) is 5.92 Å². The fourth-order valence-electron chi connectivity index (χ4n) is 2.75. The molecular formula is C19H37N7O6S. The maximum Gasteiger partial charge on any atom is 0.326 e. The molecule has 0 heterocycles. The number of carboxylic acid groups (broad SMARTS) is 1. The molecule has 0 aromatic rings. The maximum atomic E-state index is 12.8. The van der Waals surface area contributed by atoms with Crippen LogP contribution in [-0.4, -0.2) is 82.4 Å². The van der Waals surface area contributed by atoms with Crippen molar-refractivity contribution in [1.29, 1.82) is 0 Å². The van der Waals surface area contributed by atoms with E-state index in [0.29, 0.717) is 0 Å². The molecule has 11 N–H and O–H groups in total. The smallest absolute Gasteiger partial charge is 0.326 e. The normalized spacial score (nSPS) is 15.5. The first-order valence-electron chi connectivity index (χ1n) is 10.5. The number of nitrogens with two attached hydrogens (primary N) is 3. The van der Waals surface area contributed by atoms with E-state index in [1.165, 1.54) is 6.92 Å². The number of hydrogen-bond acceptors (Lipinski definition) is 8. The lowest BCUT2D eigenvalue weighted by Gasteiger charge is -2.26. The molecule has 5 unspecified atom stereocenters. The number of aliphatic carboxylic acids is 1. The van der Waals surface area contributed by atoms with Crippen LogP contribution in [0.1, 0.15) is 40.0 Å². The summed E-state index contributed by atoms with van der Waals surface area (Å²) in [5.41, 5.74) is 16.1. The molecule has 0 spiro atoms. The first kappa shape index (κ1) is 30.4. The number of amides is 3. The van der Waals surface area contributed by atoms with Gasteiger partial charge in [0.1, 0.15) is 18.1 Å². The molecule has 0 aliphatic rings. The molecule has 0 bridgehead atoms. The zero-order valence-electron chi connectivity index (χ0n) is 19.2. The van der Waals surface area contributed by atoms with Gasteiger partial charge in [-0.2, -0.15) is 12.6 Å². The highest BCUT2D eigenvalue weighted by Crippen LogP contribution is 2.07. The predicted molar refractivity (Wildman–Crippen MR) is 126 cm³/mol. The molecule has 0 radical (unpaired) electrons. The van der Waals surface area contributed by atoms with Gasteiger partial charge in [0.05, 0.1) is 12.1 Å². The predicted octanol–water partition coefficient (Wildman–Crippen LogP) is -2.74. The summed E-state index contributed by atoms with van der Waals surface area (Å²) in [6.45, 7) is 5.07. The Morgan fingerprint density at radius 1 is 0.970 bits per heavy atom. The van der Waals surface area contributed by atoms with Gasteiger partial charge in [-0.25, -0.2) is 4.79 Å². The third-order valence-corrected chi connectivity index (χ3v) is 4.89. The summed E-state index contributed by atoms with van der Waals surface area (Å²) in [6.07, 6.45) is -0.768. The Morgan fingerprint density at radius 3 is 2.00 bits per heavy atom. The quantitative estimate of drug-likeness (QED) is 0.0499. The molecule has 13 nitrogen and oxygen atoms in total. The number of guanidine groups is 1. The van der Waals surface area contributed by atoms with Crippen molar-refractivity contribution in [3.05, 3.63) is 0 Å². The number of hydrogen-bond donors (Lipinski definition) is 9. The van der Waals surface area contributed by atoms with Crippen LogP contribution in [0.3, 0.4) is 0 Å². The van der Waals surface area contributed by atoms with Crippen molar-refractivity contribution in [3.63, 3.8) is 0 Å². The third-order valence-electron chi connectivity index (χ3n) is 4.50. The molecule has 0 saturated heterocycles. The van der Waals surface area contributed by atoms with Gasteiger partial charge in [-0.05, 0) is 32.1 Å². The summed E-state index contributed by atoms with van der Waals surface area (Å²) in [5.74, 6) is -3.62. The van der Waals surface area contributed by atoms with Crippen LogP contribution in [0.25, 0.3) is 0 Å². The van der Waals surface area contributed by atoms with Crippen LogP contribution < -0.4 is 33.2 Å². The minimum Gasteiger partial charge on any atom is -0.480 e. The summed E-state index contributed by atoms with van der Waals surface area (Å²) >= 11 is 3.92. The van der Waals surface area contributed by atoms with Crippen molar-refractivity contribution in [2.45, 2.75) is 70.3 Å². The highest BCUT2D eigenvalue weighted by Gasteiger charge is 2.32. The highest BCUT2D eigenvalue weighted by molar-refractivity contribution is 7.80. The van der Waals surface area contributed by atoms with Gasteiger partial charge in [0.25, 0.3) is 0 Å². The molecule has 0 aliphatic heterocycles. The number of nitrogens with one attached hydrogen (secondary N) is 3. The van der Waals surface area contributed by atoms with Crippen LogP contribution in [-0.2, 0) is 19.2 Å². The summed E-state index contributed by atoms with van der Waals surface area (Å²) in [6, 6.07) is -4.73. The number of aliphatic hydroxyl groups is 1. The van der Waals surface area contributed by atoms with Gasteiger partial charge >= 0.3 is 5.97 Å². The minimum absolute atomic E-state index is 0.00724. The van der Waals surface area contributed by atoms with E-state index in [1.54, 1.807) is 0 Å². The summed E-state index contributed by atoms with van der Waals surface area (Å²) in [7, 11) is 0. The Labute approximate surface area is 198 Å². The molecule has 0 aromatic carbocycles. The minimum atomic E-state index is -1.40. The van der Waals surface area contributed by atoms with E-state index < -0.39 is 54.0 Å². The summed E-state index contributed by atoms with van der Waals surface area (Å²) in [4.78, 5) is 53.0. The van der Waals surface area contributed by atoms with E-state index in [9.17, 15) is 29.4 Å². The van der Waals surface area contributed by atoms with E-state index >= 15 is 0 Å². The first-order valence-corrected chi connectivity index (χ1v) is 11.2. The van der Waals surface area contributed by atoms with Gasteiger partial charge in [0, 0.05) is 12.3 Å². The molecule has 5 atom stereocenters. The van der Waals surface area contributed by atoms with Crippen LogP contribution in [0.15, 0.2) is 4.99 Å². The zero-order chi connectivity index (χ0) is 25.7. The van der Waals surface area contributed by atoms with Crippen LogP contribution in [0.5, 0.6) is 0 Å². The van der Waals surface area contributed by atoms with Crippen LogP contribution >= 0.6 is 12.6 Å². The Hall–Kier alpha value is -2.58. The number of aliphatic imine (C=N–C) groups is 1. The van der Waals surface area contributed by atoms with Gasteiger partial charge < -0.3 is 43.4 Å². The Kier molecular flexibility index (Phi) is 14.1. The third kappa shape index (κ3) is 12.3. The number of rotatable bonds is 15. The average Bonchev–Trinajstić information content (AvgIpc) is 2.71. The molecule has 0 saturated carbocycles. The molecule has 190 valence electrons. The lowest BCUT2D eigenvalue weighted by Crippen LogP contribution is -2.60. The molecule has 3 amide bonds. The number of thiol groups is 1. The lowest BCUT2D eigenvalue weighted by atomic mass is 10.0. The topological polar surface area (TPSA) is 235 Å². The largest absolute Gasteiger partial charge is 0.480 e. The van der Waals surface area contributed by atoms with Gasteiger partial charge in [-0.1, -0.05) is 13.8 Å². The maximum absolute atomic E-state index is 12.8.